The number of β-amino-alcohol motifs (C(OH)–C–C–N with tert-alkyl or cyclic N) is 1. The van der Waals surface area contributed by atoms with Crippen LogP contribution in [0.2, 0.25) is 0 Å². The van der Waals surface area contributed by atoms with Gasteiger partial charge in [0, 0.05) is 18.7 Å². The molecule has 0 aromatic heterocycles. The van der Waals surface area contributed by atoms with E-state index < -0.39 is 6.10 Å². The van der Waals surface area contributed by atoms with E-state index >= 15 is 0 Å². The number of aliphatic hydroxyl groups excluding tert-OH is 2. The summed E-state index contributed by atoms with van der Waals surface area (Å²) in [6.45, 7) is 4.98. The number of benzene rings is 1. The first-order valence-corrected chi connectivity index (χ1v) is 6.81. The first-order valence-electron chi connectivity index (χ1n) is 6.81. The molecule has 0 heterocycles. The minimum atomic E-state index is -0.565. The number of hydrogen-bond acceptors (Lipinski definition) is 4. The predicted octanol–water partition coefficient (Wildman–Crippen LogP) is 1.57. The highest BCUT2D eigenvalue weighted by molar-refractivity contribution is 5.20. The Morgan fingerprint density at radius 1 is 1.32 bits per heavy atom. The molecule has 4 nitrogen and oxygen atoms in total. The van der Waals surface area contributed by atoms with Crippen LogP contribution in [-0.4, -0.2) is 41.6 Å². The molecule has 2 atom stereocenters. The van der Waals surface area contributed by atoms with Crippen molar-refractivity contribution in [2.24, 2.45) is 0 Å². The Morgan fingerprint density at radius 3 is 2.58 bits per heavy atom. The van der Waals surface area contributed by atoms with Crippen molar-refractivity contribution in [3.05, 3.63) is 30.3 Å². The first kappa shape index (κ1) is 16.0. The van der Waals surface area contributed by atoms with Gasteiger partial charge in [-0.1, -0.05) is 25.1 Å². The lowest BCUT2D eigenvalue weighted by Gasteiger charge is -2.30. The molecule has 19 heavy (non-hydrogen) atoms. The third kappa shape index (κ3) is 6.05. The van der Waals surface area contributed by atoms with Crippen LogP contribution in [0.15, 0.2) is 30.3 Å². The molecule has 0 amide bonds. The summed E-state index contributed by atoms with van der Waals surface area (Å²) in [6, 6.07) is 9.45. The van der Waals surface area contributed by atoms with Crippen LogP contribution in [0.3, 0.4) is 0 Å². The summed E-state index contributed by atoms with van der Waals surface area (Å²) in [4.78, 5) is 0. The number of aliphatic hydroxyl groups is 2. The second-order valence-corrected chi connectivity index (χ2v) is 5.05. The smallest absolute Gasteiger partial charge is 0.119 e. The van der Waals surface area contributed by atoms with Gasteiger partial charge in [0.1, 0.15) is 18.5 Å². The summed E-state index contributed by atoms with van der Waals surface area (Å²) >= 11 is 0. The molecule has 3 N–H and O–H groups in total. The maximum absolute atomic E-state index is 9.89. The van der Waals surface area contributed by atoms with Crippen molar-refractivity contribution in [2.45, 2.75) is 38.3 Å². The number of nitrogens with one attached hydrogen (secondary N) is 1. The molecule has 0 aliphatic rings. The van der Waals surface area contributed by atoms with Crippen LogP contribution in [-0.2, 0) is 0 Å². The molecule has 0 bridgehead atoms. The zero-order valence-electron chi connectivity index (χ0n) is 11.8. The zero-order chi connectivity index (χ0) is 14.1. The van der Waals surface area contributed by atoms with E-state index in [1.54, 1.807) is 0 Å². The van der Waals surface area contributed by atoms with Gasteiger partial charge in [0.15, 0.2) is 0 Å². The molecule has 0 aliphatic heterocycles. The molecular weight excluding hydrogens is 242 g/mol. The average molecular weight is 267 g/mol. The van der Waals surface area contributed by atoms with Gasteiger partial charge in [-0.25, -0.2) is 0 Å². The number of hydrogen-bond donors (Lipinski definition) is 3. The molecule has 0 saturated heterocycles. The minimum absolute atomic E-state index is 0.136. The van der Waals surface area contributed by atoms with E-state index in [4.69, 9.17) is 9.84 Å². The monoisotopic (exact) mass is 267 g/mol. The first-order chi connectivity index (χ1) is 9.09. The van der Waals surface area contributed by atoms with E-state index in [0.717, 1.165) is 12.2 Å². The molecule has 1 rings (SSSR count). The van der Waals surface area contributed by atoms with Gasteiger partial charge in [-0.3, -0.25) is 0 Å². The fraction of sp³-hybridized carbons (Fsp3) is 0.600. The summed E-state index contributed by atoms with van der Waals surface area (Å²) in [7, 11) is 0. The standard InChI is InChI=1S/C15H25NO3/c1-3-15(2,9-10-17)16-11-13(18)12-19-14-7-5-4-6-8-14/h4-8,13,16-18H,3,9-12H2,1-2H3. The minimum Gasteiger partial charge on any atom is -0.491 e. The number of rotatable bonds is 9. The van der Waals surface area contributed by atoms with Crippen LogP contribution in [0.1, 0.15) is 26.7 Å². The maximum atomic E-state index is 9.89. The topological polar surface area (TPSA) is 61.7 Å². The van der Waals surface area contributed by atoms with Gasteiger partial charge >= 0.3 is 0 Å². The van der Waals surface area contributed by atoms with Gasteiger partial charge < -0.3 is 20.3 Å². The van der Waals surface area contributed by atoms with Crippen molar-refractivity contribution in [3.63, 3.8) is 0 Å². The molecule has 2 unspecified atom stereocenters. The lowest BCUT2D eigenvalue weighted by Crippen LogP contribution is -2.47. The summed E-state index contributed by atoms with van der Waals surface area (Å²) in [6.07, 6.45) is 1.01. The van der Waals surface area contributed by atoms with Crippen molar-refractivity contribution >= 4 is 0 Å². The second-order valence-electron chi connectivity index (χ2n) is 5.05. The van der Waals surface area contributed by atoms with Gasteiger partial charge in [-0.2, -0.15) is 0 Å². The Bertz CT molecular complexity index is 345. The lowest BCUT2D eigenvalue weighted by atomic mass is 9.95. The molecule has 0 aliphatic carbocycles. The Labute approximate surface area is 115 Å². The number of para-hydroxylation sites is 1. The molecule has 108 valence electrons. The highest BCUT2D eigenvalue weighted by atomic mass is 16.5. The maximum Gasteiger partial charge on any atom is 0.119 e. The Hall–Kier alpha value is -1.10. The summed E-state index contributed by atoms with van der Waals surface area (Å²) in [5, 5.41) is 22.2. The van der Waals surface area contributed by atoms with E-state index in [2.05, 4.69) is 12.2 Å². The summed E-state index contributed by atoms with van der Waals surface area (Å²) in [5.74, 6) is 0.759. The summed E-state index contributed by atoms with van der Waals surface area (Å²) < 4.78 is 5.49. The van der Waals surface area contributed by atoms with Crippen LogP contribution in [0, 0.1) is 0 Å². The van der Waals surface area contributed by atoms with Crippen molar-refractivity contribution in [1.29, 1.82) is 0 Å². The van der Waals surface area contributed by atoms with E-state index in [0.29, 0.717) is 13.0 Å². The molecule has 4 heteroatoms. The van der Waals surface area contributed by atoms with Gasteiger partial charge in [-0.15, -0.1) is 0 Å². The molecule has 0 spiro atoms. The summed E-state index contributed by atoms with van der Waals surface area (Å²) in [5.41, 5.74) is -0.136. The lowest BCUT2D eigenvalue weighted by molar-refractivity contribution is 0.0934. The zero-order valence-corrected chi connectivity index (χ0v) is 11.8. The third-order valence-corrected chi connectivity index (χ3v) is 3.39. The predicted molar refractivity (Wildman–Crippen MR) is 76.3 cm³/mol. The van der Waals surface area contributed by atoms with Crippen molar-refractivity contribution in [3.8, 4) is 5.75 Å². The third-order valence-electron chi connectivity index (χ3n) is 3.39. The highest BCUT2D eigenvalue weighted by Gasteiger charge is 2.21. The van der Waals surface area contributed by atoms with Crippen LogP contribution in [0.4, 0.5) is 0 Å². The van der Waals surface area contributed by atoms with Gasteiger partial charge in [0.2, 0.25) is 0 Å². The fourth-order valence-corrected chi connectivity index (χ4v) is 1.77. The molecule has 0 fully saturated rings. The van der Waals surface area contributed by atoms with Crippen molar-refractivity contribution in [2.75, 3.05) is 19.8 Å². The average Bonchev–Trinajstić information content (AvgIpc) is 2.44. The quantitative estimate of drug-likeness (QED) is 0.635. The highest BCUT2D eigenvalue weighted by Crippen LogP contribution is 2.13. The van der Waals surface area contributed by atoms with Gasteiger partial charge in [0.25, 0.3) is 0 Å². The van der Waals surface area contributed by atoms with Crippen LogP contribution < -0.4 is 10.1 Å². The van der Waals surface area contributed by atoms with Gasteiger partial charge in [0.05, 0.1) is 0 Å². The molecule has 0 radical (unpaired) electrons. The molecule has 0 saturated carbocycles. The molecule has 1 aromatic rings. The fourth-order valence-electron chi connectivity index (χ4n) is 1.77. The van der Waals surface area contributed by atoms with E-state index in [9.17, 15) is 5.11 Å². The van der Waals surface area contributed by atoms with E-state index in [1.807, 2.05) is 37.3 Å². The largest absolute Gasteiger partial charge is 0.491 e. The Balaban J connectivity index is 2.29. The number of ether oxygens (including phenoxy) is 1. The van der Waals surface area contributed by atoms with Crippen molar-refractivity contribution < 1.29 is 14.9 Å². The van der Waals surface area contributed by atoms with Crippen LogP contribution >= 0.6 is 0 Å². The van der Waals surface area contributed by atoms with Crippen LogP contribution in [0.25, 0.3) is 0 Å². The van der Waals surface area contributed by atoms with E-state index in [-0.39, 0.29) is 18.8 Å². The SMILES string of the molecule is CCC(C)(CCO)NCC(O)COc1ccccc1. The van der Waals surface area contributed by atoms with Crippen molar-refractivity contribution in [1.82, 2.24) is 5.32 Å². The van der Waals surface area contributed by atoms with Gasteiger partial charge in [-0.05, 0) is 31.9 Å². The normalized spacial score (nSPS) is 15.8. The molecular formula is C15H25NO3. The van der Waals surface area contributed by atoms with E-state index in [1.165, 1.54) is 0 Å². The Morgan fingerprint density at radius 2 is 2.00 bits per heavy atom. The second kappa shape index (κ2) is 8.15. The van der Waals surface area contributed by atoms with Crippen LogP contribution in [0.5, 0.6) is 5.75 Å². The molecule has 1 aromatic carbocycles. The Kier molecular flexibility index (Phi) is 6.84.